The number of hydrogen-bond donors (Lipinski definition) is 0. The van der Waals surface area contributed by atoms with E-state index in [9.17, 15) is 0 Å². The minimum absolute atomic E-state index is 0.404. The lowest BCUT2D eigenvalue weighted by Gasteiger charge is -2.10. The number of nitriles is 1. The van der Waals surface area contributed by atoms with Crippen molar-refractivity contribution in [2.24, 2.45) is 0 Å². The molecule has 116 valence electrons. The van der Waals surface area contributed by atoms with Crippen LogP contribution in [0, 0.1) is 11.3 Å². The first-order valence-electron chi connectivity index (χ1n) is 7.66. The first kappa shape index (κ1) is 15.5. The average Bonchev–Trinajstić information content (AvgIpc) is 2.66. The van der Waals surface area contributed by atoms with Crippen LogP contribution in [0.2, 0.25) is 0 Å². The van der Waals surface area contributed by atoms with Gasteiger partial charge in [-0.05, 0) is 41.5 Å². The quantitative estimate of drug-likeness (QED) is 0.686. The zero-order chi connectivity index (χ0) is 16.6. The molecule has 24 heavy (non-hydrogen) atoms. The number of ether oxygens (including phenoxy) is 1. The molecule has 0 atom stereocenters. The Hall–Kier alpha value is -3.38. The first-order chi connectivity index (χ1) is 11.9. The lowest BCUT2D eigenvalue weighted by molar-refractivity contribution is 0.305. The highest BCUT2D eigenvalue weighted by atomic mass is 16.5. The van der Waals surface area contributed by atoms with Crippen molar-refractivity contribution in [1.82, 2.24) is 4.98 Å². The largest absolute Gasteiger partial charge is 0.488 e. The van der Waals surface area contributed by atoms with E-state index in [2.05, 4.69) is 11.1 Å². The molecule has 0 fully saturated rings. The Morgan fingerprint density at radius 1 is 0.917 bits per heavy atom. The van der Waals surface area contributed by atoms with Crippen molar-refractivity contribution in [3.63, 3.8) is 0 Å². The van der Waals surface area contributed by atoms with Gasteiger partial charge in [-0.25, -0.2) is 0 Å². The Morgan fingerprint density at radius 3 is 2.54 bits per heavy atom. The average molecular weight is 312 g/mol. The molecule has 0 N–H and O–H groups in total. The summed E-state index contributed by atoms with van der Waals surface area (Å²) in [5, 5.41) is 9.13. The second-order valence-electron chi connectivity index (χ2n) is 5.18. The van der Waals surface area contributed by atoms with E-state index in [-0.39, 0.29) is 0 Å². The summed E-state index contributed by atoms with van der Waals surface area (Å²) < 4.78 is 5.83. The van der Waals surface area contributed by atoms with E-state index in [0.717, 1.165) is 16.8 Å². The summed E-state index contributed by atoms with van der Waals surface area (Å²) in [5.41, 5.74) is 3.57. The second kappa shape index (κ2) is 7.75. The van der Waals surface area contributed by atoms with E-state index < -0.39 is 0 Å². The smallest absolute Gasteiger partial charge is 0.137 e. The molecule has 0 aliphatic rings. The Bertz CT molecular complexity index is 880. The van der Waals surface area contributed by atoms with E-state index in [1.54, 1.807) is 12.3 Å². The van der Waals surface area contributed by atoms with Gasteiger partial charge in [-0.3, -0.25) is 4.98 Å². The number of rotatable bonds is 5. The van der Waals surface area contributed by atoms with Gasteiger partial charge in [0.1, 0.15) is 18.4 Å². The minimum Gasteiger partial charge on any atom is -0.488 e. The number of pyridine rings is 1. The van der Waals surface area contributed by atoms with Crippen LogP contribution in [0.15, 0.2) is 72.9 Å². The maximum absolute atomic E-state index is 9.13. The fraction of sp³-hybridized carbons (Fsp3) is 0.0476. The van der Waals surface area contributed by atoms with Crippen LogP contribution in [0.3, 0.4) is 0 Å². The lowest BCUT2D eigenvalue weighted by atomic mass is 10.1. The van der Waals surface area contributed by atoms with Gasteiger partial charge >= 0.3 is 0 Å². The van der Waals surface area contributed by atoms with Crippen molar-refractivity contribution in [2.75, 3.05) is 0 Å². The van der Waals surface area contributed by atoms with Crippen molar-refractivity contribution < 1.29 is 4.74 Å². The third kappa shape index (κ3) is 3.88. The minimum atomic E-state index is 0.404. The van der Waals surface area contributed by atoms with Crippen LogP contribution >= 0.6 is 0 Å². The van der Waals surface area contributed by atoms with Crippen LogP contribution < -0.4 is 4.74 Å². The summed E-state index contributed by atoms with van der Waals surface area (Å²) in [7, 11) is 0. The van der Waals surface area contributed by atoms with Gasteiger partial charge in [-0.2, -0.15) is 5.26 Å². The normalized spacial score (nSPS) is 10.5. The van der Waals surface area contributed by atoms with Gasteiger partial charge in [0.05, 0.1) is 11.3 Å². The molecule has 3 heteroatoms. The molecule has 3 nitrogen and oxygen atoms in total. The number of para-hydroxylation sites is 1. The zero-order valence-electron chi connectivity index (χ0n) is 13.1. The molecular formula is C21H16N2O. The SMILES string of the molecule is N#Cc1ccccc1OCc1ccccc1/C=C/c1ccccn1. The second-order valence-corrected chi connectivity index (χ2v) is 5.18. The maximum atomic E-state index is 9.13. The zero-order valence-corrected chi connectivity index (χ0v) is 13.1. The van der Waals surface area contributed by atoms with Gasteiger partial charge in [0.2, 0.25) is 0 Å². The fourth-order valence-electron chi connectivity index (χ4n) is 2.32. The summed E-state index contributed by atoms with van der Waals surface area (Å²) >= 11 is 0. The molecule has 0 saturated carbocycles. The van der Waals surface area contributed by atoms with Crippen LogP contribution in [-0.2, 0) is 6.61 Å². The number of aromatic nitrogens is 1. The van der Waals surface area contributed by atoms with Gasteiger partial charge in [0, 0.05) is 6.20 Å². The summed E-state index contributed by atoms with van der Waals surface area (Å²) in [6.07, 6.45) is 5.77. The van der Waals surface area contributed by atoms with Gasteiger partial charge < -0.3 is 4.74 Å². The monoisotopic (exact) mass is 312 g/mol. The molecule has 0 spiro atoms. The predicted molar refractivity (Wildman–Crippen MR) is 95.1 cm³/mol. The van der Waals surface area contributed by atoms with Gasteiger partial charge in [-0.15, -0.1) is 0 Å². The molecule has 0 radical (unpaired) electrons. The van der Waals surface area contributed by atoms with Crippen LogP contribution in [0.1, 0.15) is 22.4 Å². The van der Waals surface area contributed by atoms with Crippen molar-refractivity contribution in [3.05, 3.63) is 95.3 Å². The van der Waals surface area contributed by atoms with E-state index in [4.69, 9.17) is 10.00 Å². The van der Waals surface area contributed by atoms with E-state index >= 15 is 0 Å². The van der Waals surface area contributed by atoms with Crippen molar-refractivity contribution >= 4 is 12.2 Å². The van der Waals surface area contributed by atoms with E-state index in [1.807, 2.05) is 72.8 Å². The summed E-state index contributed by atoms with van der Waals surface area (Å²) in [5.74, 6) is 0.600. The Kier molecular flexibility index (Phi) is 5.01. The third-order valence-corrected chi connectivity index (χ3v) is 3.57. The van der Waals surface area contributed by atoms with E-state index in [1.165, 1.54) is 0 Å². The van der Waals surface area contributed by atoms with Gasteiger partial charge in [0.15, 0.2) is 0 Å². The van der Waals surface area contributed by atoms with Gasteiger partial charge in [0.25, 0.3) is 0 Å². The molecule has 0 unspecified atom stereocenters. The number of benzene rings is 2. The third-order valence-electron chi connectivity index (χ3n) is 3.57. The van der Waals surface area contributed by atoms with Crippen LogP contribution in [0.4, 0.5) is 0 Å². The van der Waals surface area contributed by atoms with Crippen LogP contribution in [0.25, 0.3) is 12.2 Å². The molecule has 0 saturated heterocycles. The maximum Gasteiger partial charge on any atom is 0.137 e. The Labute approximate surface area is 141 Å². The van der Waals surface area contributed by atoms with Gasteiger partial charge in [-0.1, -0.05) is 48.5 Å². The van der Waals surface area contributed by atoms with Crippen LogP contribution in [0.5, 0.6) is 5.75 Å². The van der Waals surface area contributed by atoms with Crippen molar-refractivity contribution in [3.8, 4) is 11.8 Å². The molecule has 1 heterocycles. The topological polar surface area (TPSA) is 45.9 Å². The fourth-order valence-corrected chi connectivity index (χ4v) is 2.32. The molecule has 1 aromatic heterocycles. The molecule has 3 aromatic rings. The highest BCUT2D eigenvalue weighted by molar-refractivity contribution is 5.69. The molecule has 0 amide bonds. The first-order valence-corrected chi connectivity index (χ1v) is 7.66. The summed E-state index contributed by atoms with van der Waals surface area (Å²) in [4.78, 5) is 4.29. The van der Waals surface area contributed by atoms with Crippen LogP contribution in [-0.4, -0.2) is 4.98 Å². The summed E-state index contributed by atoms with van der Waals surface area (Å²) in [6.45, 7) is 0.404. The van der Waals surface area contributed by atoms with Crippen molar-refractivity contribution in [2.45, 2.75) is 6.61 Å². The molecule has 0 bridgehead atoms. The number of hydrogen-bond acceptors (Lipinski definition) is 3. The molecule has 3 rings (SSSR count). The molecular weight excluding hydrogens is 296 g/mol. The molecule has 0 aliphatic carbocycles. The van der Waals surface area contributed by atoms with E-state index in [0.29, 0.717) is 17.9 Å². The molecule has 2 aromatic carbocycles. The standard InChI is InChI=1S/C21H16N2O/c22-15-18-8-3-4-11-21(18)24-16-19-9-2-1-7-17(19)12-13-20-10-5-6-14-23-20/h1-14H,16H2/b13-12+. The Morgan fingerprint density at radius 2 is 1.71 bits per heavy atom. The van der Waals surface area contributed by atoms with Crippen molar-refractivity contribution in [1.29, 1.82) is 5.26 Å². The predicted octanol–water partition coefficient (Wildman–Crippen LogP) is 4.70. The highest BCUT2D eigenvalue weighted by Crippen LogP contribution is 2.20. The highest BCUT2D eigenvalue weighted by Gasteiger charge is 2.04. The number of nitrogens with zero attached hydrogens (tertiary/aromatic N) is 2. The summed E-state index contributed by atoms with van der Waals surface area (Å²) in [6, 6.07) is 23.2. The Balaban J connectivity index is 1.77. The lowest BCUT2D eigenvalue weighted by Crippen LogP contribution is -1.99. The molecule has 0 aliphatic heterocycles.